The minimum Gasteiger partial charge on any atom is -0.356 e. The van der Waals surface area contributed by atoms with Crippen LogP contribution in [0.5, 0.6) is 0 Å². The smallest absolute Gasteiger partial charge is 0.219 e. The lowest BCUT2D eigenvalue weighted by Gasteiger charge is -2.04. The first kappa shape index (κ1) is 18.8. The van der Waals surface area contributed by atoms with Crippen LogP contribution in [0.1, 0.15) is 64.7 Å². The van der Waals surface area contributed by atoms with E-state index in [0.717, 1.165) is 38.8 Å². The van der Waals surface area contributed by atoms with E-state index >= 15 is 0 Å². The van der Waals surface area contributed by atoms with Crippen LogP contribution in [0.3, 0.4) is 0 Å². The molecule has 1 heterocycles. The Bertz CT molecular complexity index is 189. The maximum absolute atomic E-state index is 11.2. The van der Waals surface area contributed by atoms with Crippen LogP contribution in [0.25, 0.3) is 0 Å². The number of nitrogens with two attached hydrogens (primary N) is 1. The molecule has 1 fully saturated rings. The third kappa shape index (κ3) is 15.7. The van der Waals surface area contributed by atoms with Gasteiger partial charge < -0.3 is 11.1 Å². The van der Waals surface area contributed by atoms with Gasteiger partial charge in [-0.1, -0.05) is 26.2 Å². The van der Waals surface area contributed by atoms with Crippen molar-refractivity contribution in [2.75, 3.05) is 24.6 Å². The molecule has 1 aliphatic heterocycles. The molecule has 1 saturated heterocycles. The lowest BCUT2D eigenvalue weighted by molar-refractivity contribution is -0.121. The lowest BCUT2D eigenvalue weighted by atomic mass is 10.2. The quantitative estimate of drug-likeness (QED) is 0.640. The zero-order valence-electron chi connectivity index (χ0n) is 12.6. The molecule has 114 valence electrons. The summed E-state index contributed by atoms with van der Waals surface area (Å²) in [4.78, 5) is 11.2. The molecule has 0 aromatic heterocycles. The third-order valence-electron chi connectivity index (χ3n) is 3.04. The molecular weight excluding hydrogens is 256 g/mol. The van der Waals surface area contributed by atoms with Gasteiger partial charge in [0.2, 0.25) is 5.91 Å². The molecule has 4 heteroatoms. The maximum atomic E-state index is 11.2. The van der Waals surface area contributed by atoms with Gasteiger partial charge in [-0.15, -0.1) is 0 Å². The van der Waals surface area contributed by atoms with E-state index in [1.165, 1.54) is 37.2 Å². The van der Waals surface area contributed by atoms with Gasteiger partial charge in [-0.2, -0.15) is 11.8 Å². The number of unbranched alkanes of at least 4 members (excludes halogenated alkanes) is 4. The van der Waals surface area contributed by atoms with Crippen LogP contribution in [-0.4, -0.2) is 30.5 Å². The number of hydrogen-bond donors (Lipinski definition) is 2. The number of carbonyl (C=O) groups is 1. The van der Waals surface area contributed by atoms with Crippen molar-refractivity contribution in [3.05, 3.63) is 0 Å². The van der Waals surface area contributed by atoms with Crippen molar-refractivity contribution < 1.29 is 4.79 Å². The van der Waals surface area contributed by atoms with E-state index in [0.29, 0.717) is 6.42 Å². The van der Waals surface area contributed by atoms with Crippen LogP contribution in [0.2, 0.25) is 0 Å². The molecule has 3 N–H and O–H groups in total. The molecule has 0 saturated carbocycles. The first-order valence-corrected chi connectivity index (χ1v) is 9.01. The number of thioether (sulfide) groups is 1. The summed E-state index contributed by atoms with van der Waals surface area (Å²) in [6.45, 7) is 3.70. The molecule has 0 unspecified atom stereocenters. The van der Waals surface area contributed by atoms with Gasteiger partial charge in [-0.3, -0.25) is 4.79 Å². The Balaban J connectivity index is 0.000000532. The van der Waals surface area contributed by atoms with Gasteiger partial charge in [0.15, 0.2) is 0 Å². The summed E-state index contributed by atoms with van der Waals surface area (Å²) in [7, 11) is 0. The van der Waals surface area contributed by atoms with E-state index < -0.39 is 0 Å². The highest BCUT2D eigenvalue weighted by Gasteiger charge is 1.98. The van der Waals surface area contributed by atoms with Crippen LogP contribution >= 0.6 is 11.8 Å². The first-order chi connectivity index (χ1) is 9.31. The largest absolute Gasteiger partial charge is 0.356 e. The van der Waals surface area contributed by atoms with E-state index in [1.807, 2.05) is 0 Å². The van der Waals surface area contributed by atoms with E-state index in [2.05, 4.69) is 24.0 Å². The molecule has 1 aliphatic rings. The van der Waals surface area contributed by atoms with Crippen molar-refractivity contribution in [2.45, 2.75) is 64.7 Å². The Morgan fingerprint density at radius 3 is 2.32 bits per heavy atom. The highest BCUT2D eigenvalue weighted by Crippen LogP contribution is 2.14. The van der Waals surface area contributed by atoms with E-state index in [-0.39, 0.29) is 5.91 Å². The predicted molar refractivity (Wildman–Crippen MR) is 86.6 cm³/mol. The Morgan fingerprint density at radius 1 is 1.11 bits per heavy atom. The molecule has 0 aliphatic carbocycles. The highest BCUT2D eigenvalue weighted by atomic mass is 32.2. The van der Waals surface area contributed by atoms with Crippen LogP contribution in [0, 0.1) is 0 Å². The summed E-state index contributed by atoms with van der Waals surface area (Å²) in [5.74, 6) is 3.03. The second kappa shape index (κ2) is 15.8. The fourth-order valence-electron chi connectivity index (χ4n) is 1.79. The molecule has 3 nitrogen and oxygen atoms in total. The normalized spacial score (nSPS) is 13.8. The Morgan fingerprint density at radius 2 is 1.79 bits per heavy atom. The summed E-state index contributed by atoms with van der Waals surface area (Å²) in [6, 6.07) is 0. The van der Waals surface area contributed by atoms with Crippen molar-refractivity contribution >= 4 is 17.7 Å². The summed E-state index contributed by atoms with van der Waals surface area (Å²) in [5, 5.41) is 2.92. The fraction of sp³-hybridized carbons (Fsp3) is 0.933. The molecule has 0 radical (unpaired) electrons. The minimum atomic E-state index is 0.200. The first-order valence-electron chi connectivity index (χ1n) is 7.85. The predicted octanol–water partition coefficient (Wildman–Crippen LogP) is 3.33. The molecule has 0 spiro atoms. The average molecular weight is 289 g/mol. The number of nitrogens with one attached hydrogen (secondary N) is 1. The topological polar surface area (TPSA) is 55.1 Å². The third-order valence-corrected chi connectivity index (χ3v) is 4.19. The molecular formula is C15H32N2OS. The van der Waals surface area contributed by atoms with Crippen LogP contribution in [0.4, 0.5) is 0 Å². The molecule has 0 aromatic rings. The van der Waals surface area contributed by atoms with Crippen molar-refractivity contribution in [2.24, 2.45) is 5.73 Å². The van der Waals surface area contributed by atoms with Crippen molar-refractivity contribution in [3.8, 4) is 0 Å². The SMILES string of the molecule is C1CCSC1.CCCCC(=O)NCCCCCCN. The lowest BCUT2D eigenvalue weighted by Crippen LogP contribution is -2.23. The average Bonchev–Trinajstić information content (AvgIpc) is 2.99. The molecule has 0 aromatic carbocycles. The second-order valence-electron chi connectivity index (χ2n) is 4.98. The fourth-order valence-corrected chi connectivity index (χ4v) is 2.81. The summed E-state index contributed by atoms with van der Waals surface area (Å²) in [6.07, 6.45) is 10.2. The highest BCUT2D eigenvalue weighted by molar-refractivity contribution is 7.99. The number of rotatable bonds is 9. The summed E-state index contributed by atoms with van der Waals surface area (Å²) < 4.78 is 0. The zero-order chi connectivity index (χ0) is 14.2. The zero-order valence-corrected chi connectivity index (χ0v) is 13.4. The van der Waals surface area contributed by atoms with Crippen molar-refractivity contribution in [1.29, 1.82) is 0 Å². The maximum Gasteiger partial charge on any atom is 0.219 e. The summed E-state index contributed by atoms with van der Waals surface area (Å²) in [5.41, 5.74) is 5.38. The van der Waals surface area contributed by atoms with Gasteiger partial charge in [0, 0.05) is 13.0 Å². The standard InChI is InChI=1S/C11H24N2O.C4H8S/c1-2-3-8-11(14)13-10-7-5-4-6-9-12;1-2-4-5-3-1/h2-10,12H2,1H3,(H,13,14);1-4H2. The molecule has 19 heavy (non-hydrogen) atoms. The summed E-state index contributed by atoms with van der Waals surface area (Å²) >= 11 is 2.07. The van der Waals surface area contributed by atoms with Crippen molar-refractivity contribution in [3.63, 3.8) is 0 Å². The molecule has 0 atom stereocenters. The second-order valence-corrected chi connectivity index (χ2v) is 6.20. The molecule has 0 bridgehead atoms. The molecule has 1 rings (SSSR count). The Labute approximate surface area is 123 Å². The van der Waals surface area contributed by atoms with Crippen molar-refractivity contribution in [1.82, 2.24) is 5.32 Å². The number of hydrogen-bond acceptors (Lipinski definition) is 3. The van der Waals surface area contributed by atoms with Gasteiger partial charge in [-0.25, -0.2) is 0 Å². The van der Waals surface area contributed by atoms with E-state index in [4.69, 9.17) is 5.73 Å². The number of amides is 1. The van der Waals surface area contributed by atoms with Gasteiger partial charge in [0.25, 0.3) is 0 Å². The Hall–Kier alpha value is -0.220. The van der Waals surface area contributed by atoms with Gasteiger partial charge in [0.1, 0.15) is 0 Å². The van der Waals surface area contributed by atoms with Gasteiger partial charge in [0.05, 0.1) is 0 Å². The molecule has 1 amide bonds. The van der Waals surface area contributed by atoms with Crippen LogP contribution in [-0.2, 0) is 4.79 Å². The van der Waals surface area contributed by atoms with Crippen LogP contribution in [0.15, 0.2) is 0 Å². The monoisotopic (exact) mass is 288 g/mol. The minimum absolute atomic E-state index is 0.200. The van der Waals surface area contributed by atoms with Gasteiger partial charge in [-0.05, 0) is 50.2 Å². The van der Waals surface area contributed by atoms with E-state index in [1.54, 1.807) is 0 Å². The Kier molecular flexibility index (Phi) is 15.7. The van der Waals surface area contributed by atoms with Crippen LogP contribution < -0.4 is 11.1 Å². The van der Waals surface area contributed by atoms with E-state index in [9.17, 15) is 4.79 Å². The number of carbonyl (C=O) groups excluding carboxylic acids is 1. The van der Waals surface area contributed by atoms with Gasteiger partial charge >= 0.3 is 0 Å².